The number of aromatic nitrogens is 1. The Balaban J connectivity index is 2.53. The summed E-state index contributed by atoms with van der Waals surface area (Å²) >= 11 is 0. The van der Waals surface area contributed by atoms with Crippen molar-refractivity contribution in [2.45, 2.75) is 19.8 Å². The molecule has 0 aliphatic rings. The number of aliphatic carboxylic acids is 1. The quantitative estimate of drug-likeness (QED) is 0.443. The number of aryl methyl sites for hydroxylation is 1. The molecule has 0 bridgehead atoms. The smallest absolute Gasteiger partial charge is 0.303 e. The summed E-state index contributed by atoms with van der Waals surface area (Å²) in [6.45, 7) is 2.10. The van der Waals surface area contributed by atoms with E-state index in [9.17, 15) is 14.9 Å². The Hall–Kier alpha value is -2.18. The molecule has 92 valence electrons. The monoisotopic (exact) mass is 239 g/mol. The Morgan fingerprint density at radius 3 is 2.88 bits per heavy atom. The van der Waals surface area contributed by atoms with E-state index in [1.54, 1.807) is 13.0 Å². The highest BCUT2D eigenvalue weighted by Gasteiger charge is 2.10. The summed E-state index contributed by atoms with van der Waals surface area (Å²) in [5.41, 5.74) is 0.492. The third-order valence-corrected chi connectivity index (χ3v) is 2.15. The van der Waals surface area contributed by atoms with E-state index in [-0.39, 0.29) is 12.1 Å². The third-order valence-electron chi connectivity index (χ3n) is 2.15. The summed E-state index contributed by atoms with van der Waals surface area (Å²) in [5, 5.41) is 21.9. The molecule has 7 nitrogen and oxygen atoms in total. The summed E-state index contributed by atoms with van der Waals surface area (Å²) in [6.07, 6.45) is 1.75. The van der Waals surface area contributed by atoms with E-state index >= 15 is 0 Å². The van der Waals surface area contributed by atoms with E-state index in [0.717, 1.165) is 0 Å². The molecule has 7 heteroatoms. The molecule has 0 saturated heterocycles. The molecule has 0 spiro atoms. The molecule has 1 rings (SSSR count). The minimum Gasteiger partial charge on any atom is -0.481 e. The molecule has 1 aromatic rings. The average molecular weight is 239 g/mol. The summed E-state index contributed by atoms with van der Waals surface area (Å²) in [6, 6.07) is 1.57. The van der Waals surface area contributed by atoms with E-state index in [1.165, 1.54) is 6.20 Å². The van der Waals surface area contributed by atoms with Gasteiger partial charge in [0.1, 0.15) is 12.0 Å². The van der Waals surface area contributed by atoms with Crippen LogP contribution in [-0.2, 0) is 4.79 Å². The van der Waals surface area contributed by atoms with Gasteiger partial charge in [0.15, 0.2) is 0 Å². The topological polar surface area (TPSA) is 105 Å². The number of pyridine rings is 1. The zero-order valence-corrected chi connectivity index (χ0v) is 9.34. The minimum atomic E-state index is -0.848. The first-order valence-electron chi connectivity index (χ1n) is 5.07. The van der Waals surface area contributed by atoms with Crippen LogP contribution in [0.25, 0.3) is 0 Å². The molecular weight excluding hydrogens is 226 g/mol. The average Bonchev–Trinajstić information content (AvgIpc) is 2.23. The number of carboxylic acid groups (broad SMARTS) is 1. The molecule has 0 saturated carbocycles. The maximum absolute atomic E-state index is 10.5. The number of hydrogen-bond donors (Lipinski definition) is 2. The predicted molar refractivity (Wildman–Crippen MR) is 61.0 cm³/mol. The number of carboxylic acids is 1. The lowest BCUT2D eigenvalue weighted by atomic mass is 10.2. The maximum Gasteiger partial charge on any atom is 0.303 e. The van der Waals surface area contributed by atoms with E-state index in [1.807, 2.05) is 0 Å². The number of nitrogens with zero attached hydrogens (tertiary/aromatic N) is 2. The Labute approximate surface area is 97.6 Å². The molecule has 17 heavy (non-hydrogen) atoms. The molecule has 0 amide bonds. The van der Waals surface area contributed by atoms with Crippen molar-refractivity contribution >= 4 is 17.5 Å². The zero-order valence-electron chi connectivity index (χ0n) is 9.34. The Bertz CT molecular complexity index is 434. The molecule has 1 heterocycles. The van der Waals surface area contributed by atoms with Crippen LogP contribution in [-0.4, -0.2) is 27.5 Å². The SMILES string of the molecule is Cc1cc(NCCCC(=O)O)ncc1[N+](=O)[O-]. The maximum atomic E-state index is 10.5. The molecule has 0 aliphatic carbocycles. The molecule has 0 aliphatic heterocycles. The normalized spacial score (nSPS) is 9.94. The second-order valence-corrected chi connectivity index (χ2v) is 3.54. The summed E-state index contributed by atoms with van der Waals surface area (Å²) < 4.78 is 0. The summed E-state index contributed by atoms with van der Waals surface area (Å²) in [4.78, 5) is 24.2. The number of hydrogen-bond acceptors (Lipinski definition) is 5. The van der Waals surface area contributed by atoms with Crippen LogP contribution in [0, 0.1) is 17.0 Å². The van der Waals surface area contributed by atoms with E-state index < -0.39 is 10.9 Å². The van der Waals surface area contributed by atoms with Gasteiger partial charge in [-0.1, -0.05) is 0 Å². The van der Waals surface area contributed by atoms with Gasteiger partial charge in [-0.25, -0.2) is 4.98 Å². The third kappa shape index (κ3) is 4.06. The van der Waals surface area contributed by atoms with Crippen LogP contribution in [0.15, 0.2) is 12.3 Å². The molecule has 0 fully saturated rings. The largest absolute Gasteiger partial charge is 0.481 e. The Morgan fingerprint density at radius 1 is 1.65 bits per heavy atom. The fourth-order valence-corrected chi connectivity index (χ4v) is 1.29. The first-order valence-corrected chi connectivity index (χ1v) is 5.07. The lowest BCUT2D eigenvalue weighted by Gasteiger charge is -2.05. The van der Waals surface area contributed by atoms with Gasteiger partial charge in [0.05, 0.1) is 4.92 Å². The number of anilines is 1. The first-order chi connectivity index (χ1) is 8.00. The van der Waals surface area contributed by atoms with Gasteiger partial charge in [-0.2, -0.15) is 0 Å². The fourth-order valence-electron chi connectivity index (χ4n) is 1.29. The Kier molecular flexibility index (Phi) is 4.38. The minimum absolute atomic E-state index is 0.0268. The highest BCUT2D eigenvalue weighted by molar-refractivity contribution is 5.66. The molecule has 1 aromatic heterocycles. The molecule has 0 atom stereocenters. The van der Waals surface area contributed by atoms with Crippen molar-refractivity contribution in [1.29, 1.82) is 0 Å². The van der Waals surface area contributed by atoms with Crippen LogP contribution in [0.3, 0.4) is 0 Å². The van der Waals surface area contributed by atoms with Crippen LogP contribution >= 0.6 is 0 Å². The van der Waals surface area contributed by atoms with E-state index in [2.05, 4.69) is 10.3 Å². The first kappa shape index (κ1) is 12.9. The van der Waals surface area contributed by atoms with Crippen molar-refractivity contribution in [3.8, 4) is 0 Å². The van der Waals surface area contributed by atoms with Gasteiger partial charge in [-0.05, 0) is 19.4 Å². The standard InChI is InChI=1S/C10H13N3O4/c1-7-5-9(11-4-2-3-10(14)15)12-6-8(7)13(16)17/h5-6H,2-4H2,1H3,(H,11,12)(H,14,15). The van der Waals surface area contributed by atoms with Gasteiger partial charge in [-0.3, -0.25) is 14.9 Å². The Morgan fingerprint density at radius 2 is 2.35 bits per heavy atom. The van der Waals surface area contributed by atoms with Crippen LogP contribution in [0.2, 0.25) is 0 Å². The second kappa shape index (κ2) is 5.78. The van der Waals surface area contributed by atoms with E-state index in [4.69, 9.17) is 5.11 Å². The number of nitrogens with one attached hydrogen (secondary N) is 1. The zero-order chi connectivity index (χ0) is 12.8. The van der Waals surface area contributed by atoms with Crippen molar-refractivity contribution in [2.75, 3.05) is 11.9 Å². The second-order valence-electron chi connectivity index (χ2n) is 3.54. The van der Waals surface area contributed by atoms with E-state index in [0.29, 0.717) is 24.3 Å². The van der Waals surface area contributed by atoms with Crippen molar-refractivity contribution < 1.29 is 14.8 Å². The van der Waals surface area contributed by atoms with Gasteiger partial charge in [-0.15, -0.1) is 0 Å². The van der Waals surface area contributed by atoms with Gasteiger partial charge in [0.25, 0.3) is 5.69 Å². The van der Waals surface area contributed by atoms with Crippen LogP contribution in [0.5, 0.6) is 0 Å². The fraction of sp³-hybridized carbons (Fsp3) is 0.400. The van der Waals surface area contributed by atoms with Crippen LogP contribution in [0.4, 0.5) is 11.5 Å². The van der Waals surface area contributed by atoms with Gasteiger partial charge in [0, 0.05) is 18.5 Å². The van der Waals surface area contributed by atoms with Crippen LogP contribution < -0.4 is 5.32 Å². The van der Waals surface area contributed by atoms with Crippen molar-refractivity contribution in [1.82, 2.24) is 4.98 Å². The molecule has 0 aromatic carbocycles. The van der Waals surface area contributed by atoms with Gasteiger partial charge < -0.3 is 10.4 Å². The number of carbonyl (C=O) groups is 1. The molecule has 0 unspecified atom stereocenters. The highest BCUT2D eigenvalue weighted by atomic mass is 16.6. The summed E-state index contributed by atoms with van der Waals surface area (Å²) in [7, 11) is 0. The van der Waals surface area contributed by atoms with Crippen molar-refractivity contribution in [3.63, 3.8) is 0 Å². The molecular formula is C10H13N3O4. The van der Waals surface area contributed by atoms with Crippen molar-refractivity contribution in [3.05, 3.63) is 27.9 Å². The lowest BCUT2D eigenvalue weighted by Crippen LogP contribution is -2.06. The van der Waals surface area contributed by atoms with Gasteiger partial charge in [0.2, 0.25) is 0 Å². The lowest BCUT2D eigenvalue weighted by molar-refractivity contribution is -0.385. The number of rotatable bonds is 6. The molecule has 0 radical (unpaired) electrons. The number of nitro groups is 1. The summed E-state index contributed by atoms with van der Waals surface area (Å²) in [5.74, 6) is -0.335. The highest BCUT2D eigenvalue weighted by Crippen LogP contribution is 2.18. The molecule has 2 N–H and O–H groups in total. The predicted octanol–water partition coefficient (Wildman–Crippen LogP) is 1.57. The van der Waals surface area contributed by atoms with Gasteiger partial charge >= 0.3 is 5.97 Å². The van der Waals surface area contributed by atoms with Crippen LogP contribution in [0.1, 0.15) is 18.4 Å². The van der Waals surface area contributed by atoms with Crippen molar-refractivity contribution in [2.24, 2.45) is 0 Å².